The average molecular weight is 260 g/mol. The van der Waals surface area contributed by atoms with E-state index in [1.54, 1.807) is 7.11 Å². The molecule has 0 spiro atoms. The molecule has 1 amide bonds. The van der Waals surface area contributed by atoms with Crippen molar-refractivity contribution < 1.29 is 9.53 Å². The molecule has 0 aliphatic rings. The maximum Gasteiger partial charge on any atom is 0.221 e. The number of benzene rings is 1. The minimum Gasteiger partial charge on any atom is -0.497 e. The van der Waals surface area contributed by atoms with Gasteiger partial charge in [-0.3, -0.25) is 4.79 Å². The summed E-state index contributed by atoms with van der Waals surface area (Å²) in [5.74, 6) is 0.733. The Balaban J connectivity index is 2.39. The highest BCUT2D eigenvalue weighted by Gasteiger charge is 2.10. The Morgan fingerprint density at radius 1 is 1.42 bits per heavy atom. The smallest absolute Gasteiger partial charge is 0.221 e. The number of nitriles is 1. The Morgan fingerprint density at radius 3 is 2.63 bits per heavy atom. The molecule has 1 aromatic carbocycles. The number of amides is 1. The largest absolute Gasteiger partial charge is 0.497 e. The van der Waals surface area contributed by atoms with Gasteiger partial charge in [0.15, 0.2) is 0 Å². The van der Waals surface area contributed by atoms with Gasteiger partial charge >= 0.3 is 0 Å². The van der Waals surface area contributed by atoms with Crippen LogP contribution in [0.4, 0.5) is 0 Å². The van der Waals surface area contributed by atoms with Gasteiger partial charge in [-0.1, -0.05) is 25.5 Å². The molecular weight excluding hydrogens is 240 g/mol. The Morgan fingerprint density at radius 2 is 2.11 bits per heavy atom. The van der Waals surface area contributed by atoms with Gasteiger partial charge < -0.3 is 10.1 Å². The fourth-order valence-electron chi connectivity index (χ4n) is 1.77. The van der Waals surface area contributed by atoms with Crippen molar-refractivity contribution in [1.82, 2.24) is 5.32 Å². The van der Waals surface area contributed by atoms with Gasteiger partial charge in [-0.2, -0.15) is 5.26 Å². The highest BCUT2D eigenvalue weighted by atomic mass is 16.5. The minimum atomic E-state index is -0.367. The third-order valence-electron chi connectivity index (χ3n) is 2.87. The summed E-state index contributed by atoms with van der Waals surface area (Å²) in [4.78, 5) is 11.7. The molecular formula is C15H20N2O2. The van der Waals surface area contributed by atoms with Crippen LogP contribution in [0.15, 0.2) is 24.3 Å². The molecule has 0 saturated heterocycles. The molecule has 4 nitrogen and oxygen atoms in total. The van der Waals surface area contributed by atoms with Gasteiger partial charge in [0.2, 0.25) is 5.91 Å². The fraction of sp³-hybridized carbons (Fsp3) is 0.467. The van der Waals surface area contributed by atoms with Crippen molar-refractivity contribution in [1.29, 1.82) is 5.26 Å². The van der Waals surface area contributed by atoms with Gasteiger partial charge in [-0.15, -0.1) is 0 Å². The van der Waals surface area contributed by atoms with Crippen molar-refractivity contribution in [2.24, 2.45) is 0 Å². The summed E-state index contributed by atoms with van der Waals surface area (Å²) in [7, 11) is 1.62. The second-order valence-electron chi connectivity index (χ2n) is 4.39. The topological polar surface area (TPSA) is 62.1 Å². The van der Waals surface area contributed by atoms with Gasteiger partial charge in [0, 0.05) is 6.42 Å². The van der Waals surface area contributed by atoms with E-state index in [0.717, 1.165) is 17.7 Å². The minimum absolute atomic E-state index is 0.0733. The lowest BCUT2D eigenvalue weighted by molar-refractivity contribution is -0.121. The van der Waals surface area contributed by atoms with E-state index < -0.39 is 0 Å². The molecule has 0 bridgehead atoms. The van der Waals surface area contributed by atoms with E-state index in [9.17, 15) is 4.79 Å². The van der Waals surface area contributed by atoms with Crippen molar-refractivity contribution in [3.63, 3.8) is 0 Å². The normalized spacial score (nSPS) is 11.4. The zero-order valence-corrected chi connectivity index (χ0v) is 11.5. The molecule has 0 aliphatic carbocycles. The van der Waals surface area contributed by atoms with E-state index in [0.29, 0.717) is 19.3 Å². The third-order valence-corrected chi connectivity index (χ3v) is 2.87. The molecule has 0 aliphatic heterocycles. The van der Waals surface area contributed by atoms with E-state index in [-0.39, 0.29) is 11.9 Å². The first-order valence-electron chi connectivity index (χ1n) is 6.51. The number of rotatable bonds is 7. The Kier molecular flexibility index (Phi) is 6.45. The summed E-state index contributed by atoms with van der Waals surface area (Å²) in [5, 5.41) is 11.6. The number of nitrogens with one attached hydrogen (secondary N) is 1. The molecule has 4 heteroatoms. The second-order valence-corrected chi connectivity index (χ2v) is 4.39. The number of carbonyl (C=O) groups is 1. The van der Waals surface area contributed by atoms with Crippen molar-refractivity contribution in [2.45, 2.75) is 38.6 Å². The zero-order chi connectivity index (χ0) is 14.1. The fourth-order valence-corrected chi connectivity index (χ4v) is 1.77. The summed E-state index contributed by atoms with van der Waals surface area (Å²) in [5.41, 5.74) is 1.08. The van der Waals surface area contributed by atoms with Gasteiger partial charge in [-0.25, -0.2) is 0 Å². The van der Waals surface area contributed by atoms with E-state index in [4.69, 9.17) is 10.00 Å². The summed E-state index contributed by atoms with van der Waals surface area (Å²) < 4.78 is 5.07. The molecule has 1 aromatic rings. The highest BCUT2D eigenvalue weighted by molar-refractivity contribution is 5.76. The Labute approximate surface area is 114 Å². The lowest BCUT2D eigenvalue weighted by Gasteiger charge is -2.10. The first-order chi connectivity index (χ1) is 9.19. The maximum absolute atomic E-state index is 11.7. The van der Waals surface area contributed by atoms with Gasteiger partial charge in [0.1, 0.15) is 11.8 Å². The van der Waals surface area contributed by atoms with Crippen LogP contribution < -0.4 is 10.1 Å². The molecule has 1 atom stereocenters. The highest BCUT2D eigenvalue weighted by Crippen LogP contribution is 2.12. The molecule has 0 radical (unpaired) electrons. The van der Waals surface area contributed by atoms with E-state index in [1.807, 2.05) is 31.2 Å². The first-order valence-corrected chi connectivity index (χ1v) is 6.51. The van der Waals surface area contributed by atoms with Crippen LogP contribution in [0.1, 0.15) is 31.7 Å². The summed E-state index contributed by atoms with van der Waals surface area (Å²) in [6, 6.07) is 9.37. The molecule has 102 valence electrons. The third kappa shape index (κ3) is 5.43. The molecule has 1 unspecified atom stereocenters. The lowest BCUT2D eigenvalue weighted by Crippen LogP contribution is -2.33. The molecule has 0 heterocycles. The van der Waals surface area contributed by atoms with Crippen LogP contribution >= 0.6 is 0 Å². The van der Waals surface area contributed by atoms with E-state index in [2.05, 4.69) is 11.4 Å². The number of carbonyl (C=O) groups excluding carboxylic acids is 1. The number of aryl methyl sites for hydroxylation is 1. The number of hydrogen-bond acceptors (Lipinski definition) is 3. The van der Waals surface area contributed by atoms with Gasteiger partial charge in [-0.05, 0) is 30.5 Å². The summed E-state index contributed by atoms with van der Waals surface area (Å²) in [6.07, 6.45) is 2.65. The Hall–Kier alpha value is -2.02. The monoisotopic (exact) mass is 260 g/mol. The SMILES string of the molecule is CCCC(C#N)NC(=O)CCc1ccc(OC)cc1. The zero-order valence-electron chi connectivity index (χ0n) is 11.5. The molecule has 0 saturated carbocycles. The predicted octanol–water partition coefficient (Wildman–Crippen LogP) is 2.44. The van der Waals surface area contributed by atoms with Crippen LogP contribution in [-0.4, -0.2) is 19.1 Å². The van der Waals surface area contributed by atoms with Crippen LogP contribution in [0.25, 0.3) is 0 Å². The molecule has 1 N–H and O–H groups in total. The van der Waals surface area contributed by atoms with Crippen LogP contribution in [0.5, 0.6) is 5.75 Å². The molecule has 19 heavy (non-hydrogen) atoms. The lowest BCUT2D eigenvalue weighted by atomic mass is 10.1. The van der Waals surface area contributed by atoms with E-state index >= 15 is 0 Å². The predicted molar refractivity (Wildman–Crippen MR) is 73.8 cm³/mol. The second kappa shape index (κ2) is 8.15. The first kappa shape index (κ1) is 15.0. The number of hydrogen-bond donors (Lipinski definition) is 1. The number of ether oxygens (including phenoxy) is 1. The summed E-state index contributed by atoms with van der Waals surface area (Å²) in [6.45, 7) is 1.99. The summed E-state index contributed by atoms with van der Waals surface area (Å²) >= 11 is 0. The van der Waals surface area contributed by atoms with Crippen LogP contribution in [0.2, 0.25) is 0 Å². The molecule has 0 fully saturated rings. The van der Waals surface area contributed by atoms with Crippen molar-refractivity contribution in [3.05, 3.63) is 29.8 Å². The van der Waals surface area contributed by atoms with Gasteiger partial charge in [0.05, 0.1) is 13.2 Å². The van der Waals surface area contributed by atoms with Crippen LogP contribution in [-0.2, 0) is 11.2 Å². The van der Waals surface area contributed by atoms with Crippen molar-refractivity contribution >= 4 is 5.91 Å². The van der Waals surface area contributed by atoms with Crippen molar-refractivity contribution in [2.75, 3.05) is 7.11 Å². The quantitative estimate of drug-likeness (QED) is 0.819. The Bertz CT molecular complexity index is 434. The molecule has 0 aromatic heterocycles. The number of methoxy groups -OCH3 is 1. The average Bonchev–Trinajstić information content (AvgIpc) is 2.45. The van der Waals surface area contributed by atoms with Crippen molar-refractivity contribution in [3.8, 4) is 11.8 Å². The van der Waals surface area contributed by atoms with Crippen LogP contribution in [0.3, 0.4) is 0 Å². The number of nitrogens with zero attached hydrogens (tertiary/aromatic N) is 1. The molecule has 1 rings (SSSR count). The standard InChI is InChI=1S/C15H20N2O2/c1-3-4-13(11-16)17-15(18)10-7-12-5-8-14(19-2)9-6-12/h5-6,8-9,13H,3-4,7,10H2,1-2H3,(H,17,18). The van der Waals surface area contributed by atoms with E-state index in [1.165, 1.54) is 0 Å². The maximum atomic E-state index is 11.7. The van der Waals surface area contributed by atoms with Crippen LogP contribution in [0, 0.1) is 11.3 Å². The van der Waals surface area contributed by atoms with Gasteiger partial charge in [0.25, 0.3) is 0 Å².